The lowest BCUT2D eigenvalue weighted by Crippen LogP contribution is -2.23. The van der Waals surface area contributed by atoms with E-state index >= 15 is 0 Å². The van der Waals surface area contributed by atoms with E-state index in [4.69, 9.17) is 4.74 Å². The van der Waals surface area contributed by atoms with E-state index < -0.39 is 10.0 Å². The third-order valence-corrected chi connectivity index (χ3v) is 5.15. The predicted molar refractivity (Wildman–Crippen MR) is 91.3 cm³/mol. The van der Waals surface area contributed by atoms with Crippen molar-refractivity contribution in [1.29, 1.82) is 0 Å². The van der Waals surface area contributed by atoms with Gasteiger partial charge in [-0.05, 0) is 41.0 Å². The highest BCUT2D eigenvalue weighted by molar-refractivity contribution is 7.89. The van der Waals surface area contributed by atoms with Crippen LogP contribution >= 0.6 is 12.4 Å². The predicted octanol–water partition coefficient (Wildman–Crippen LogP) is 2.20. The molecule has 3 rings (SSSR count). The molecule has 0 amide bonds. The molecule has 0 aromatic heterocycles. The third kappa shape index (κ3) is 4.03. The Morgan fingerprint density at radius 2 is 1.78 bits per heavy atom. The van der Waals surface area contributed by atoms with E-state index in [1.807, 2.05) is 18.2 Å². The first-order chi connectivity index (χ1) is 10.6. The standard InChI is InChI=1S/C16H18N2O3S.ClH/c1-21-15-4-6-16(7-5-15)22(19,20)18-9-12-2-3-13-10-17-11-14(13)8-12;/h2-8,17-18H,9-11H2,1H3;1H. The Labute approximate surface area is 142 Å². The summed E-state index contributed by atoms with van der Waals surface area (Å²) in [5, 5.41) is 3.27. The summed E-state index contributed by atoms with van der Waals surface area (Å²) in [6.07, 6.45) is 0. The van der Waals surface area contributed by atoms with Gasteiger partial charge in [0.1, 0.15) is 5.75 Å². The minimum absolute atomic E-state index is 0. The molecule has 5 nitrogen and oxygen atoms in total. The highest BCUT2D eigenvalue weighted by Crippen LogP contribution is 2.18. The van der Waals surface area contributed by atoms with Gasteiger partial charge >= 0.3 is 0 Å². The molecule has 1 heterocycles. The van der Waals surface area contributed by atoms with Crippen molar-refractivity contribution in [3.05, 3.63) is 59.2 Å². The fourth-order valence-electron chi connectivity index (χ4n) is 2.47. The summed E-state index contributed by atoms with van der Waals surface area (Å²) in [5.74, 6) is 0.630. The van der Waals surface area contributed by atoms with Crippen LogP contribution in [0.3, 0.4) is 0 Å². The number of sulfonamides is 1. The van der Waals surface area contributed by atoms with Gasteiger partial charge < -0.3 is 10.1 Å². The van der Waals surface area contributed by atoms with Crippen LogP contribution in [0.1, 0.15) is 16.7 Å². The molecule has 0 saturated carbocycles. The van der Waals surface area contributed by atoms with Crippen LogP contribution in [0.2, 0.25) is 0 Å². The molecule has 1 aliphatic heterocycles. The van der Waals surface area contributed by atoms with Gasteiger partial charge in [0.25, 0.3) is 0 Å². The van der Waals surface area contributed by atoms with Crippen molar-refractivity contribution < 1.29 is 13.2 Å². The fraction of sp³-hybridized carbons (Fsp3) is 0.250. The Hall–Kier alpha value is -1.60. The zero-order valence-electron chi connectivity index (χ0n) is 12.7. The maximum Gasteiger partial charge on any atom is 0.240 e. The molecule has 23 heavy (non-hydrogen) atoms. The summed E-state index contributed by atoms with van der Waals surface area (Å²) < 4.78 is 32.2. The molecule has 0 radical (unpaired) electrons. The maximum atomic E-state index is 12.3. The van der Waals surface area contributed by atoms with Crippen LogP contribution in [0.15, 0.2) is 47.4 Å². The SMILES string of the molecule is COc1ccc(S(=O)(=O)NCc2ccc3c(c2)CNC3)cc1.Cl. The number of ether oxygens (including phenoxy) is 1. The molecular formula is C16H19ClN2O3S. The van der Waals surface area contributed by atoms with E-state index in [0.29, 0.717) is 5.75 Å². The number of rotatable bonds is 5. The fourth-order valence-corrected chi connectivity index (χ4v) is 3.49. The van der Waals surface area contributed by atoms with Crippen LogP contribution in [0.25, 0.3) is 0 Å². The molecular weight excluding hydrogens is 336 g/mol. The first kappa shape index (κ1) is 17.7. The molecule has 0 fully saturated rings. The van der Waals surface area contributed by atoms with Crippen molar-refractivity contribution in [2.24, 2.45) is 0 Å². The van der Waals surface area contributed by atoms with Crippen LogP contribution in [0.5, 0.6) is 5.75 Å². The van der Waals surface area contributed by atoms with Crippen LogP contribution in [-0.4, -0.2) is 15.5 Å². The second kappa shape index (κ2) is 7.31. The van der Waals surface area contributed by atoms with Crippen LogP contribution in [0, 0.1) is 0 Å². The number of fused-ring (bicyclic) bond motifs is 1. The lowest BCUT2D eigenvalue weighted by molar-refractivity contribution is 0.414. The summed E-state index contributed by atoms with van der Waals surface area (Å²) >= 11 is 0. The number of benzene rings is 2. The van der Waals surface area contributed by atoms with Gasteiger partial charge in [0, 0.05) is 19.6 Å². The van der Waals surface area contributed by atoms with E-state index in [1.165, 1.54) is 23.3 Å². The summed E-state index contributed by atoms with van der Waals surface area (Å²) in [6, 6.07) is 12.4. The maximum absolute atomic E-state index is 12.3. The average Bonchev–Trinajstić information content (AvgIpc) is 3.01. The number of nitrogens with one attached hydrogen (secondary N) is 2. The van der Waals surface area contributed by atoms with Gasteiger partial charge in [0.15, 0.2) is 0 Å². The number of methoxy groups -OCH3 is 1. The van der Waals surface area contributed by atoms with E-state index in [1.54, 1.807) is 19.2 Å². The molecule has 0 saturated heterocycles. The van der Waals surface area contributed by atoms with Gasteiger partial charge in [-0.25, -0.2) is 13.1 Å². The highest BCUT2D eigenvalue weighted by atomic mass is 35.5. The molecule has 124 valence electrons. The normalized spacial score (nSPS) is 13.3. The van der Waals surface area contributed by atoms with Crippen molar-refractivity contribution in [2.75, 3.05) is 7.11 Å². The Kier molecular flexibility index (Phi) is 5.64. The number of hydrogen-bond donors (Lipinski definition) is 2. The Balaban J connectivity index is 0.00000192. The second-order valence-corrected chi connectivity index (χ2v) is 6.97. The molecule has 2 aromatic rings. The van der Waals surface area contributed by atoms with Crippen molar-refractivity contribution in [2.45, 2.75) is 24.5 Å². The van der Waals surface area contributed by atoms with Crippen LogP contribution in [-0.2, 0) is 29.7 Å². The molecule has 2 aromatic carbocycles. The van der Waals surface area contributed by atoms with E-state index in [2.05, 4.69) is 10.0 Å². The highest BCUT2D eigenvalue weighted by Gasteiger charge is 2.15. The summed E-state index contributed by atoms with van der Waals surface area (Å²) in [4.78, 5) is 0.233. The summed E-state index contributed by atoms with van der Waals surface area (Å²) in [6.45, 7) is 2.00. The first-order valence-electron chi connectivity index (χ1n) is 7.03. The minimum Gasteiger partial charge on any atom is -0.497 e. The molecule has 2 N–H and O–H groups in total. The number of halogens is 1. The Morgan fingerprint density at radius 3 is 2.48 bits per heavy atom. The van der Waals surface area contributed by atoms with Gasteiger partial charge in [-0.15, -0.1) is 12.4 Å². The average molecular weight is 355 g/mol. The van der Waals surface area contributed by atoms with Crippen molar-refractivity contribution in [3.8, 4) is 5.75 Å². The van der Waals surface area contributed by atoms with Crippen molar-refractivity contribution in [3.63, 3.8) is 0 Å². The van der Waals surface area contributed by atoms with E-state index in [0.717, 1.165) is 18.7 Å². The molecule has 0 atom stereocenters. The lowest BCUT2D eigenvalue weighted by Gasteiger charge is -2.09. The summed E-state index contributed by atoms with van der Waals surface area (Å²) in [5.41, 5.74) is 3.47. The first-order valence-corrected chi connectivity index (χ1v) is 8.52. The third-order valence-electron chi connectivity index (χ3n) is 3.74. The minimum atomic E-state index is -3.52. The van der Waals surface area contributed by atoms with Crippen molar-refractivity contribution >= 4 is 22.4 Å². The number of hydrogen-bond acceptors (Lipinski definition) is 4. The zero-order chi connectivity index (χ0) is 15.6. The van der Waals surface area contributed by atoms with E-state index in [-0.39, 0.29) is 23.8 Å². The molecule has 1 aliphatic rings. The molecule has 0 aliphatic carbocycles. The smallest absolute Gasteiger partial charge is 0.240 e. The molecule has 0 bridgehead atoms. The topological polar surface area (TPSA) is 67.4 Å². The zero-order valence-corrected chi connectivity index (χ0v) is 14.3. The van der Waals surface area contributed by atoms with Gasteiger partial charge in [-0.3, -0.25) is 0 Å². The van der Waals surface area contributed by atoms with Gasteiger partial charge in [0.05, 0.1) is 12.0 Å². The van der Waals surface area contributed by atoms with Gasteiger partial charge in [0.2, 0.25) is 10.0 Å². The van der Waals surface area contributed by atoms with Gasteiger partial charge in [-0.1, -0.05) is 18.2 Å². The monoisotopic (exact) mass is 354 g/mol. The largest absolute Gasteiger partial charge is 0.497 e. The van der Waals surface area contributed by atoms with Crippen molar-refractivity contribution in [1.82, 2.24) is 10.0 Å². The molecule has 0 spiro atoms. The lowest BCUT2D eigenvalue weighted by atomic mass is 10.1. The summed E-state index contributed by atoms with van der Waals surface area (Å²) in [7, 11) is -1.97. The second-order valence-electron chi connectivity index (χ2n) is 5.21. The molecule has 7 heteroatoms. The van der Waals surface area contributed by atoms with Crippen LogP contribution < -0.4 is 14.8 Å². The van der Waals surface area contributed by atoms with Crippen LogP contribution in [0.4, 0.5) is 0 Å². The van der Waals surface area contributed by atoms with E-state index in [9.17, 15) is 8.42 Å². The van der Waals surface area contributed by atoms with Gasteiger partial charge in [-0.2, -0.15) is 0 Å². The Morgan fingerprint density at radius 1 is 1.09 bits per heavy atom. The Bertz CT molecular complexity index is 776. The molecule has 0 unspecified atom stereocenters. The quantitative estimate of drug-likeness (QED) is 0.863.